The molecule has 15 heavy (non-hydrogen) atoms. The van der Waals surface area contributed by atoms with Gasteiger partial charge in [0.25, 0.3) is 5.92 Å². The SMILES string of the molecule is Cc1cc(N2CCC(F)(F)CC2)cnn1. The predicted molar refractivity (Wildman–Crippen MR) is 53.2 cm³/mol. The first kappa shape index (κ1) is 10.3. The first-order chi connectivity index (χ1) is 7.07. The summed E-state index contributed by atoms with van der Waals surface area (Å²) in [7, 11) is 0. The third-order valence-electron chi connectivity index (χ3n) is 2.62. The van der Waals surface area contributed by atoms with E-state index in [9.17, 15) is 8.78 Å². The molecular weight excluding hydrogens is 200 g/mol. The summed E-state index contributed by atoms with van der Waals surface area (Å²) < 4.78 is 25.8. The Morgan fingerprint density at radius 3 is 2.60 bits per heavy atom. The van der Waals surface area contributed by atoms with Gasteiger partial charge in [0.15, 0.2) is 0 Å². The Labute approximate surface area is 87.1 Å². The summed E-state index contributed by atoms with van der Waals surface area (Å²) in [6.45, 7) is 2.62. The smallest absolute Gasteiger partial charge is 0.251 e. The number of piperidine rings is 1. The zero-order valence-corrected chi connectivity index (χ0v) is 8.58. The van der Waals surface area contributed by atoms with E-state index in [4.69, 9.17) is 0 Å². The molecule has 0 amide bonds. The van der Waals surface area contributed by atoms with Crippen LogP contribution in [0.5, 0.6) is 0 Å². The van der Waals surface area contributed by atoms with Crippen LogP contribution in [0.3, 0.4) is 0 Å². The highest BCUT2D eigenvalue weighted by atomic mass is 19.3. The monoisotopic (exact) mass is 213 g/mol. The Kier molecular flexibility index (Phi) is 2.54. The second kappa shape index (κ2) is 3.72. The van der Waals surface area contributed by atoms with Gasteiger partial charge in [-0.05, 0) is 13.0 Å². The minimum atomic E-state index is -2.49. The Morgan fingerprint density at radius 2 is 2.00 bits per heavy atom. The predicted octanol–water partition coefficient (Wildman–Crippen LogP) is 2.02. The van der Waals surface area contributed by atoms with Gasteiger partial charge in [-0.15, -0.1) is 0 Å². The molecule has 0 N–H and O–H groups in total. The molecule has 0 aromatic carbocycles. The van der Waals surface area contributed by atoms with Crippen molar-refractivity contribution in [2.24, 2.45) is 0 Å². The minimum Gasteiger partial charge on any atom is -0.370 e. The van der Waals surface area contributed by atoms with Gasteiger partial charge in [0, 0.05) is 25.9 Å². The molecule has 3 nitrogen and oxygen atoms in total. The third kappa shape index (κ3) is 2.40. The van der Waals surface area contributed by atoms with E-state index in [0.29, 0.717) is 13.1 Å². The van der Waals surface area contributed by atoms with Crippen LogP contribution in [-0.4, -0.2) is 29.2 Å². The van der Waals surface area contributed by atoms with Crippen LogP contribution in [0.15, 0.2) is 12.3 Å². The van der Waals surface area contributed by atoms with E-state index in [-0.39, 0.29) is 12.8 Å². The van der Waals surface area contributed by atoms with Crippen molar-refractivity contribution < 1.29 is 8.78 Å². The van der Waals surface area contributed by atoms with Gasteiger partial charge in [0.05, 0.1) is 17.6 Å². The maximum atomic E-state index is 12.9. The molecule has 0 saturated carbocycles. The van der Waals surface area contributed by atoms with Crippen LogP contribution < -0.4 is 4.90 Å². The molecular formula is C10H13F2N3. The van der Waals surface area contributed by atoms with Crippen LogP contribution in [0, 0.1) is 6.92 Å². The number of nitrogens with zero attached hydrogens (tertiary/aromatic N) is 3. The van der Waals surface area contributed by atoms with Gasteiger partial charge < -0.3 is 4.90 Å². The largest absolute Gasteiger partial charge is 0.370 e. The summed E-state index contributed by atoms with van der Waals surface area (Å²) in [4.78, 5) is 1.93. The second-order valence-electron chi connectivity index (χ2n) is 3.90. The van der Waals surface area contributed by atoms with Crippen LogP contribution in [0.1, 0.15) is 18.5 Å². The number of rotatable bonds is 1. The van der Waals surface area contributed by atoms with Crippen LogP contribution in [-0.2, 0) is 0 Å². The zero-order chi connectivity index (χ0) is 10.9. The molecule has 1 saturated heterocycles. The van der Waals surface area contributed by atoms with E-state index in [1.165, 1.54) is 0 Å². The van der Waals surface area contributed by atoms with Gasteiger partial charge in [0.1, 0.15) is 0 Å². The Bertz CT molecular complexity index is 344. The van der Waals surface area contributed by atoms with E-state index >= 15 is 0 Å². The number of hydrogen-bond acceptors (Lipinski definition) is 3. The molecule has 0 unspecified atom stereocenters. The molecule has 5 heteroatoms. The standard InChI is InChI=1S/C10H13F2N3/c1-8-6-9(7-13-14-8)15-4-2-10(11,12)3-5-15/h6-7H,2-5H2,1H3. The lowest BCUT2D eigenvalue weighted by Crippen LogP contribution is -2.39. The van der Waals surface area contributed by atoms with Gasteiger partial charge in [-0.3, -0.25) is 0 Å². The highest BCUT2D eigenvalue weighted by Gasteiger charge is 2.34. The lowest BCUT2D eigenvalue weighted by Gasteiger charge is -2.33. The molecule has 0 aliphatic carbocycles. The van der Waals surface area contributed by atoms with E-state index in [1.807, 2.05) is 17.9 Å². The van der Waals surface area contributed by atoms with E-state index < -0.39 is 5.92 Å². The minimum absolute atomic E-state index is 0.0750. The summed E-state index contributed by atoms with van der Waals surface area (Å²) >= 11 is 0. The Balaban J connectivity index is 2.08. The van der Waals surface area contributed by atoms with Crippen molar-refractivity contribution in [3.8, 4) is 0 Å². The van der Waals surface area contributed by atoms with Crippen molar-refractivity contribution in [1.82, 2.24) is 10.2 Å². The summed E-state index contributed by atoms with van der Waals surface area (Å²) in [5.74, 6) is -2.49. The molecule has 0 bridgehead atoms. The maximum Gasteiger partial charge on any atom is 0.251 e. The van der Waals surface area contributed by atoms with Crippen LogP contribution in [0.2, 0.25) is 0 Å². The van der Waals surface area contributed by atoms with Crippen molar-refractivity contribution in [2.75, 3.05) is 18.0 Å². The van der Waals surface area contributed by atoms with Crippen molar-refractivity contribution >= 4 is 5.69 Å². The fraction of sp³-hybridized carbons (Fsp3) is 0.600. The van der Waals surface area contributed by atoms with E-state index in [0.717, 1.165) is 11.4 Å². The van der Waals surface area contributed by atoms with Crippen LogP contribution >= 0.6 is 0 Å². The first-order valence-corrected chi connectivity index (χ1v) is 4.99. The number of aryl methyl sites for hydroxylation is 1. The van der Waals surface area contributed by atoms with E-state index in [2.05, 4.69) is 10.2 Å². The normalized spacial score (nSPS) is 20.3. The average Bonchev–Trinajstić information content (AvgIpc) is 2.17. The molecule has 0 spiro atoms. The summed E-state index contributed by atoms with van der Waals surface area (Å²) in [6, 6.07) is 1.87. The lowest BCUT2D eigenvalue weighted by molar-refractivity contribution is -0.0220. The Hall–Kier alpha value is -1.26. The number of aromatic nitrogens is 2. The topological polar surface area (TPSA) is 29.0 Å². The number of halogens is 2. The van der Waals surface area contributed by atoms with Crippen molar-refractivity contribution in [2.45, 2.75) is 25.7 Å². The number of anilines is 1. The second-order valence-corrected chi connectivity index (χ2v) is 3.90. The molecule has 0 atom stereocenters. The molecule has 1 aliphatic heterocycles. The number of alkyl halides is 2. The summed E-state index contributed by atoms with van der Waals surface area (Å²) in [5, 5.41) is 7.66. The van der Waals surface area contributed by atoms with Crippen molar-refractivity contribution in [3.05, 3.63) is 18.0 Å². The lowest BCUT2D eigenvalue weighted by atomic mass is 10.1. The molecule has 1 fully saturated rings. The molecule has 2 rings (SSSR count). The fourth-order valence-electron chi connectivity index (χ4n) is 1.72. The summed E-state index contributed by atoms with van der Waals surface area (Å²) in [5.41, 5.74) is 1.70. The molecule has 2 heterocycles. The van der Waals surface area contributed by atoms with Gasteiger partial charge in [-0.1, -0.05) is 0 Å². The van der Waals surface area contributed by atoms with E-state index in [1.54, 1.807) is 6.20 Å². The molecule has 1 aromatic rings. The fourth-order valence-corrected chi connectivity index (χ4v) is 1.72. The van der Waals surface area contributed by atoms with Crippen molar-refractivity contribution in [1.29, 1.82) is 0 Å². The van der Waals surface area contributed by atoms with Gasteiger partial charge >= 0.3 is 0 Å². The summed E-state index contributed by atoms with van der Waals surface area (Å²) in [6.07, 6.45) is 1.47. The molecule has 1 aliphatic rings. The van der Waals surface area contributed by atoms with Crippen molar-refractivity contribution in [3.63, 3.8) is 0 Å². The van der Waals surface area contributed by atoms with Gasteiger partial charge in [0.2, 0.25) is 0 Å². The molecule has 0 radical (unpaired) electrons. The quantitative estimate of drug-likeness (QED) is 0.714. The van der Waals surface area contributed by atoms with Crippen LogP contribution in [0.25, 0.3) is 0 Å². The average molecular weight is 213 g/mol. The van der Waals surface area contributed by atoms with Gasteiger partial charge in [-0.2, -0.15) is 10.2 Å². The molecule has 82 valence electrons. The number of hydrogen-bond donors (Lipinski definition) is 0. The molecule has 1 aromatic heterocycles. The Morgan fingerprint density at radius 1 is 1.33 bits per heavy atom. The zero-order valence-electron chi connectivity index (χ0n) is 8.58. The maximum absolute atomic E-state index is 12.9. The highest BCUT2D eigenvalue weighted by Crippen LogP contribution is 2.30. The first-order valence-electron chi connectivity index (χ1n) is 4.99. The third-order valence-corrected chi connectivity index (χ3v) is 2.62. The van der Waals surface area contributed by atoms with Gasteiger partial charge in [-0.25, -0.2) is 8.78 Å². The highest BCUT2D eigenvalue weighted by molar-refractivity contribution is 5.44. The van der Waals surface area contributed by atoms with Crippen LogP contribution in [0.4, 0.5) is 14.5 Å².